The van der Waals surface area contributed by atoms with Gasteiger partial charge in [0.1, 0.15) is 24.0 Å². The van der Waals surface area contributed by atoms with Crippen LogP contribution in [-0.4, -0.2) is 20.4 Å². The molecule has 40 heavy (non-hydrogen) atoms. The first kappa shape index (κ1) is 27.5. The molecule has 2 aromatic heterocycles. The molecule has 0 fully saturated rings. The van der Waals surface area contributed by atoms with E-state index in [0.29, 0.717) is 35.5 Å². The lowest BCUT2D eigenvalue weighted by atomic mass is 10.2. The molecule has 0 N–H and O–H groups in total. The van der Waals surface area contributed by atoms with E-state index in [9.17, 15) is 9.18 Å². The van der Waals surface area contributed by atoms with E-state index in [2.05, 4.69) is 38.6 Å². The minimum absolute atomic E-state index is 0.184. The van der Waals surface area contributed by atoms with E-state index in [-0.39, 0.29) is 11.4 Å². The predicted molar refractivity (Wildman–Crippen MR) is 161 cm³/mol. The van der Waals surface area contributed by atoms with Crippen LogP contribution in [0.5, 0.6) is 5.75 Å². The van der Waals surface area contributed by atoms with Gasteiger partial charge in [0.25, 0.3) is 5.56 Å². The Morgan fingerprint density at radius 1 is 1.05 bits per heavy atom. The van der Waals surface area contributed by atoms with Crippen molar-refractivity contribution in [3.63, 3.8) is 0 Å². The molecule has 2 heterocycles. The fourth-order valence-corrected chi connectivity index (χ4v) is 5.09. The lowest BCUT2D eigenvalue weighted by Gasteiger charge is -2.12. The highest BCUT2D eigenvalue weighted by molar-refractivity contribution is 9.10. The predicted octanol–water partition coefficient (Wildman–Crippen LogP) is 7.51. The molecule has 204 valence electrons. The monoisotopic (exact) mass is 600 g/mol. The maximum absolute atomic E-state index is 13.4. The van der Waals surface area contributed by atoms with Crippen LogP contribution in [0.25, 0.3) is 16.6 Å². The minimum atomic E-state index is -0.277. The molecule has 3 aromatic carbocycles. The number of benzene rings is 3. The number of nitrogens with zero attached hydrogens (tertiary/aromatic N) is 4. The topological polar surface area (TPSA) is 61.4 Å². The van der Waals surface area contributed by atoms with Crippen LogP contribution in [0, 0.1) is 19.7 Å². The molecule has 8 heteroatoms. The van der Waals surface area contributed by atoms with Crippen molar-refractivity contribution in [2.24, 2.45) is 5.10 Å². The van der Waals surface area contributed by atoms with Crippen LogP contribution in [0.1, 0.15) is 48.1 Å². The molecule has 0 aliphatic rings. The average molecular weight is 602 g/mol. The van der Waals surface area contributed by atoms with Gasteiger partial charge in [0.15, 0.2) is 0 Å². The Kier molecular flexibility index (Phi) is 8.26. The Hall–Kier alpha value is -4.04. The molecule has 0 amide bonds. The summed E-state index contributed by atoms with van der Waals surface area (Å²) in [6.45, 7) is 6.47. The number of hydrogen-bond donors (Lipinski definition) is 0. The maximum atomic E-state index is 13.4. The van der Waals surface area contributed by atoms with Crippen molar-refractivity contribution in [1.82, 2.24) is 14.2 Å². The summed E-state index contributed by atoms with van der Waals surface area (Å²) in [5.74, 6) is 1.08. The van der Waals surface area contributed by atoms with Gasteiger partial charge in [-0.25, -0.2) is 9.37 Å². The van der Waals surface area contributed by atoms with Gasteiger partial charge in [0, 0.05) is 33.5 Å². The lowest BCUT2D eigenvalue weighted by Crippen LogP contribution is -2.22. The number of rotatable bonds is 9. The number of halogens is 2. The van der Waals surface area contributed by atoms with Crippen molar-refractivity contribution >= 4 is 33.0 Å². The molecule has 0 spiro atoms. The highest BCUT2D eigenvalue weighted by Crippen LogP contribution is 2.23. The van der Waals surface area contributed by atoms with E-state index >= 15 is 0 Å². The number of hydrogen-bond acceptors (Lipinski definition) is 4. The Morgan fingerprint density at radius 2 is 1.85 bits per heavy atom. The molecule has 0 saturated carbocycles. The molecule has 0 aliphatic carbocycles. The van der Waals surface area contributed by atoms with Crippen molar-refractivity contribution in [2.75, 3.05) is 0 Å². The third kappa shape index (κ3) is 5.92. The zero-order valence-electron chi connectivity index (χ0n) is 22.7. The molecule has 0 saturated heterocycles. The summed E-state index contributed by atoms with van der Waals surface area (Å²) in [4.78, 5) is 18.2. The molecule has 6 nitrogen and oxygen atoms in total. The van der Waals surface area contributed by atoms with Crippen LogP contribution in [0.2, 0.25) is 0 Å². The van der Waals surface area contributed by atoms with E-state index in [1.165, 1.54) is 16.8 Å². The average Bonchev–Trinajstić information content (AvgIpc) is 3.23. The van der Waals surface area contributed by atoms with E-state index < -0.39 is 0 Å². The van der Waals surface area contributed by atoms with Crippen molar-refractivity contribution in [2.45, 2.75) is 46.6 Å². The molecule has 0 radical (unpaired) electrons. The number of unbranched alkanes of at least 4 members (excludes halogenated alkanes) is 1. The number of aromatic nitrogens is 3. The van der Waals surface area contributed by atoms with Gasteiger partial charge in [-0.1, -0.05) is 41.4 Å². The minimum Gasteiger partial charge on any atom is -0.489 e. The van der Waals surface area contributed by atoms with Crippen LogP contribution in [-0.2, 0) is 13.0 Å². The molecule has 5 aromatic rings. The van der Waals surface area contributed by atoms with Crippen LogP contribution in [0.4, 0.5) is 4.39 Å². The lowest BCUT2D eigenvalue weighted by molar-refractivity contribution is 0.305. The summed E-state index contributed by atoms with van der Waals surface area (Å²) in [7, 11) is 0. The molecular formula is C32H30BrFN4O2. The van der Waals surface area contributed by atoms with Gasteiger partial charge in [0.2, 0.25) is 0 Å². The summed E-state index contributed by atoms with van der Waals surface area (Å²) in [6.07, 6.45) is 4.31. The quantitative estimate of drug-likeness (QED) is 0.164. The zero-order valence-corrected chi connectivity index (χ0v) is 24.3. The highest BCUT2D eigenvalue weighted by Gasteiger charge is 2.13. The second kappa shape index (κ2) is 12.0. The second-order valence-corrected chi connectivity index (χ2v) is 10.6. The van der Waals surface area contributed by atoms with E-state index in [1.54, 1.807) is 18.3 Å². The van der Waals surface area contributed by atoms with Gasteiger partial charge in [0.05, 0.1) is 17.1 Å². The van der Waals surface area contributed by atoms with Gasteiger partial charge in [-0.15, -0.1) is 0 Å². The van der Waals surface area contributed by atoms with Gasteiger partial charge in [-0.2, -0.15) is 9.78 Å². The summed E-state index contributed by atoms with van der Waals surface area (Å²) < 4.78 is 23.7. The third-order valence-corrected chi connectivity index (χ3v) is 7.29. The summed E-state index contributed by atoms with van der Waals surface area (Å²) in [5.41, 5.74) is 5.18. The van der Waals surface area contributed by atoms with Crippen molar-refractivity contribution < 1.29 is 9.13 Å². The Bertz CT molecular complexity index is 1760. The molecule has 5 rings (SSSR count). The molecule has 0 aliphatic heterocycles. The summed E-state index contributed by atoms with van der Waals surface area (Å²) in [6, 6.07) is 21.8. The smallest absolute Gasteiger partial charge is 0.282 e. The second-order valence-electron chi connectivity index (χ2n) is 9.73. The van der Waals surface area contributed by atoms with Crippen molar-refractivity contribution in [1.29, 1.82) is 0 Å². The fourth-order valence-electron chi connectivity index (χ4n) is 4.73. The fraction of sp³-hybridized carbons (Fsp3) is 0.219. The van der Waals surface area contributed by atoms with E-state index in [1.807, 2.05) is 56.3 Å². The molecule has 0 bridgehead atoms. The first-order valence-electron chi connectivity index (χ1n) is 13.3. The Morgan fingerprint density at radius 3 is 2.60 bits per heavy atom. The number of aryl methyl sites for hydroxylation is 2. The van der Waals surface area contributed by atoms with Crippen molar-refractivity contribution in [3.8, 4) is 11.4 Å². The van der Waals surface area contributed by atoms with Gasteiger partial charge >= 0.3 is 0 Å². The van der Waals surface area contributed by atoms with Crippen molar-refractivity contribution in [3.05, 3.63) is 122 Å². The van der Waals surface area contributed by atoms with Gasteiger partial charge in [-0.3, -0.25) is 4.79 Å². The maximum Gasteiger partial charge on any atom is 0.282 e. The normalized spacial score (nSPS) is 11.5. The highest BCUT2D eigenvalue weighted by atomic mass is 79.9. The van der Waals surface area contributed by atoms with Crippen LogP contribution < -0.4 is 10.3 Å². The van der Waals surface area contributed by atoms with Gasteiger partial charge in [-0.05, 0) is 86.5 Å². The zero-order chi connectivity index (χ0) is 28.2. The standard InChI is InChI=1S/C32H30BrFN4O2/c1-4-5-9-31-36-30-15-10-25(33)18-29(30)32(39)38(31)35-19-24-16-21(2)37(22(24)3)27-11-13-28(14-12-27)40-20-23-7-6-8-26(34)17-23/h6-8,10-19H,4-5,9,20H2,1-3H3. The van der Waals surface area contributed by atoms with Gasteiger partial charge < -0.3 is 9.30 Å². The number of fused-ring (bicyclic) bond motifs is 1. The van der Waals surface area contributed by atoms with Crippen LogP contribution >= 0.6 is 15.9 Å². The Labute approximate surface area is 240 Å². The third-order valence-electron chi connectivity index (χ3n) is 6.80. The molecular weight excluding hydrogens is 571 g/mol. The molecule has 0 atom stereocenters. The largest absolute Gasteiger partial charge is 0.489 e. The van der Waals surface area contributed by atoms with Crippen LogP contribution in [0.15, 0.2) is 87.2 Å². The first-order valence-corrected chi connectivity index (χ1v) is 14.1. The van der Waals surface area contributed by atoms with E-state index in [4.69, 9.17) is 9.72 Å². The van der Waals surface area contributed by atoms with E-state index in [0.717, 1.165) is 45.5 Å². The summed E-state index contributed by atoms with van der Waals surface area (Å²) in [5, 5.41) is 5.16. The Balaban J connectivity index is 1.41. The summed E-state index contributed by atoms with van der Waals surface area (Å²) >= 11 is 3.46. The number of ether oxygens (including phenoxy) is 1. The molecule has 0 unspecified atom stereocenters. The SMILES string of the molecule is CCCCc1nc2ccc(Br)cc2c(=O)n1N=Cc1cc(C)n(-c2ccc(OCc3cccc(F)c3)cc2)c1C. The van der Waals surface area contributed by atoms with Crippen LogP contribution in [0.3, 0.4) is 0 Å². The first-order chi connectivity index (χ1) is 19.3.